The zero-order valence-electron chi connectivity index (χ0n) is 9.94. The minimum atomic E-state index is 0.0113. The topological polar surface area (TPSA) is 74.2 Å². The van der Waals surface area contributed by atoms with Crippen molar-refractivity contribution in [2.45, 2.75) is 12.8 Å². The second-order valence-corrected chi connectivity index (χ2v) is 4.97. The Bertz CT molecular complexity index is 408. The van der Waals surface area contributed by atoms with Crippen molar-refractivity contribution in [2.24, 2.45) is 5.41 Å². The first kappa shape index (κ1) is 12.3. The largest absolute Gasteiger partial charge is 0.396 e. The molecule has 17 heavy (non-hydrogen) atoms. The van der Waals surface area contributed by atoms with Crippen molar-refractivity contribution in [1.29, 1.82) is 0 Å². The van der Waals surface area contributed by atoms with Crippen LogP contribution in [-0.4, -0.2) is 47.3 Å². The smallest absolute Gasteiger partial charge is 0.230 e. The Morgan fingerprint density at radius 3 is 2.59 bits per heavy atom. The molecule has 0 spiro atoms. The number of aromatic nitrogens is 3. The predicted molar refractivity (Wildman–Crippen MR) is 66.4 cm³/mol. The Hall–Kier alpha value is -1.14. The molecular formula is C10H16ClN5O. The summed E-state index contributed by atoms with van der Waals surface area (Å²) >= 11 is 5.82. The molecule has 0 saturated heterocycles. The van der Waals surface area contributed by atoms with Crippen LogP contribution in [0.3, 0.4) is 0 Å². The summed E-state index contributed by atoms with van der Waals surface area (Å²) < 4.78 is 0. The Kier molecular flexibility index (Phi) is 3.35. The van der Waals surface area contributed by atoms with Crippen molar-refractivity contribution in [3.8, 4) is 0 Å². The van der Waals surface area contributed by atoms with Gasteiger partial charge in [-0.25, -0.2) is 0 Å². The second-order valence-electron chi connectivity index (χ2n) is 4.63. The van der Waals surface area contributed by atoms with E-state index in [4.69, 9.17) is 11.6 Å². The summed E-state index contributed by atoms with van der Waals surface area (Å²) in [6.07, 6.45) is 2.08. The number of anilines is 2. The standard InChI is InChI=1S/C10H16ClN5O/c1-16(2)9-14-7(11)13-8(15-9)12-5-10(6-17)3-4-10/h17H,3-6H2,1-2H3,(H,12,13,14,15). The van der Waals surface area contributed by atoms with Crippen molar-refractivity contribution in [3.63, 3.8) is 0 Å². The lowest BCUT2D eigenvalue weighted by atomic mass is 10.1. The Balaban J connectivity index is 2.05. The van der Waals surface area contributed by atoms with Crippen LogP contribution in [0.2, 0.25) is 5.28 Å². The fraction of sp³-hybridized carbons (Fsp3) is 0.700. The van der Waals surface area contributed by atoms with Gasteiger partial charge in [0.15, 0.2) is 0 Å². The molecule has 0 amide bonds. The van der Waals surface area contributed by atoms with Gasteiger partial charge in [0, 0.05) is 26.1 Å². The fourth-order valence-corrected chi connectivity index (χ4v) is 1.61. The molecule has 0 radical (unpaired) electrons. The third-order valence-corrected chi connectivity index (χ3v) is 3.08. The summed E-state index contributed by atoms with van der Waals surface area (Å²) in [5.41, 5.74) is 0.0113. The van der Waals surface area contributed by atoms with Gasteiger partial charge in [-0.1, -0.05) is 0 Å². The van der Waals surface area contributed by atoms with E-state index in [1.807, 2.05) is 14.1 Å². The van der Waals surface area contributed by atoms with Crippen molar-refractivity contribution in [2.75, 3.05) is 37.5 Å². The average Bonchev–Trinajstić information content (AvgIpc) is 3.06. The van der Waals surface area contributed by atoms with Gasteiger partial charge >= 0.3 is 0 Å². The number of hydrogen-bond donors (Lipinski definition) is 2. The highest BCUT2D eigenvalue weighted by Crippen LogP contribution is 2.44. The normalized spacial score (nSPS) is 16.7. The molecule has 1 aromatic heterocycles. The minimum Gasteiger partial charge on any atom is -0.396 e. The Morgan fingerprint density at radius 1 is 1.35 bits per heavy atom. The van der Waals surface area contributed by atoms with Crippen LogP contribution in [0.4, 0.5) is 11.9 Å². The van der Waals surface area contributed by atoms with Crippen LogP contribution in [0.1, 0.15) is 12.8 Å². The molecule has 6 nitrogen and oxygen atoms in total. The van der Waals surface area contributed by atoms with Crippen molar-refractivity contribution in [1.82, 2.24) is 15.0 Å². The van der Waals surface area contributed by atoms with Crippen LogP contribution in [0.25, 0.3) is 0 Å². The quantitative estimate of drug-likeness (QED) is 0.812. The lowest BCUT2D eigenvalue weighted by Gasteiger charge is -2.14. The number of aliphatic hydroxyl groups excluding tert-OH is 1. The minimum absolute atomic E-state index is 0.0113. The first-order chi connectivity index (χ1) is 8.04. The monoisotopic (exact) mass is 257 g/mol. The number of nitrogens with one attached hydrogen (secondary N) is 1. The molecular weight excluding hydrogens is 242 g/mol. The highest BCUT2D eigenvalue weighted by molar-refractivity contribution is 6.28. The molecule has 1 heterocycles. The van der Waals surface area contributed by atoms with Crippen molar-refractivity contribution in [3.05, 3.63) is 5.28 Å². The van der Waals surface area contributed by atoms with E-state index in [1.54, 1.807) is 4.90 Å². The summed E-state index contributed by atoms with van der Waals surface area (Å²) in [7, 11) is 3.68. The van der Waals surface area contributed by atoms with E-state index in [-0.39, 0.29) is 17.3 Å². The average molecular weight is 258 g/mol. The van der Waals surface area contributed by atoms with E-state index in [0.717, 1.165) is 12.8 Å². The predicted octanol–water partition coefficient (Wildman–Crippen LogP) is 0.775. The molecule has 1 aliphatic rings. The maximum absolute atomic E-state index is 9.20. The van der Waals surface area contributed by atoms with Gasteiger partial charge in [-0.3, -0.25) is 0 Å². The van der Waals surface area contributed by atoms with Gasteiger partial charge in [-0.05, 0) is 24.4 Å². The number of aliphatic hydroxyl groups is 1. The zero-order chi connectivity index (χ0) is 12.5. The Morgan fingerprint density at radius 2 is 2.06 bits per heavy atom. The van der Waals surface area contributed by atoms with E-state index < -0.39 is 0 Å². The number of nitrogens with zero attached hydrogens (tertiary/aromatic N) is 4. The lowest BCUT2D eigenvalue weighted by molar-refractivity contribution is 0.219. The number of halogens is 1. The molecule has 1 fully saturated rings. The van der Waals surface area contributed by atoms with Gasteiger partial charge in [0.1, 0.15) is 0 Å². The molecule has 1 aromatic rings. The van der Waals surface area contributed by atoms with E-state index in [9.17, 15) is 5.11 Å². The second kappa shape index (κ2) is 4.62. The van der Waals surface area contributed by atoms with Crippen LogP contribution in [0.15, 0.2) is 0 Å². The third-order valence-electron chi connectivity index (χ3n) is 2.91. The molecule has 0 aromatic carbocycles. The maximum atomic E-state index is 9.20. The van der Waals surface area contributed by atoms with E-state index in [2.05, 4.69) is 20.3 Å². The highest BCUT2D eigenvalue weighted by atomic mass is 35.5. The zero-order valence-corrected chi connectivity index (χ0v) is 10.7. The van der Waals surface area contributed by atoms with Crippen molar-refractivity contribution >= 4 is 23.5 Å². The van der Waals surface area contributed by atoms with E-state index in [1.165, 1.54) is 0 Å². The molecule has 0 aliphatic heterocycles. The highest BCUT2D eigenvalue weighted by Gasteiger charge is 2.41. The maximum Gasteiger partial charge on any atom is 0.230 e. The molecule has 7 heteroatoms. The van der Waals surface area contributed by atoms with Crippen LogP contribution in [0.5, 0.6) is 0 Å². The summed E-state index contributed by atoms with van der Waals surface area (Å²) in [6.45, 7) is 0.857. The van der Waals surface area contributed by atoms with Gasteiger partial charge in [0.25, 0.3) is 0 Å². The van der Waals surface area contributed by atoms with Crippen molar-refractivity contribution < 1.29 is 5.11 Å². The van der Waals surface area contributed by atoms with Crippen LogP contribution < -0.4 is 10.2 Å². The molecule has 1 saturated carbocycles. The summed E-state index contributed by atoms with van der Waals surface area (Å²) in [4.78, 5) is 14.0. The van der Waals surface area contributed by atoms with E-state index in [0.29, 0.717) is 18.4 Å². The van der Waals surface area contributed by atoms with Crippen LogP contribution in [-0.2, 0) is 0 Å². The molecule has 0 bridgehead atoms. The van der Waals surface area contributed by atoms with Gasteiger partial charge in [0.05, 0.1) is 6.61 Å². The molecule has 1 aliphatic carbocycles. The molecule has 2 N–H and O–H groups in total. The SMILES string of the molecule is CN(C)c1nc(Cl)nc(NCC2(CO)CC2)n1. The summed E-state index contributed by atoms with van der Waals surface area (Å²) in [6, 6.07) is 0. The molecule has 0 atom stereocenters. The van der Waals surface area contributed by atoms with Gasteiger partial charge in [-0.15, -0.1) is 0 Å². The summed E-state index contributed by atoms with van der Waals surface area (Å²) in [5.74, 6) is 0.967. The van der Waals surface area contributed by atoms with Crippen LogP contribution >= 0.6 is 11.6 Å². The lowest BCUT2D eigenvalue weighted by Crippen LogP contribution is -2.21. The molecule has 2 rings (SSSR count). The first-order valence-electron chi connectivity index (χ1n) is 5.48. The van der Waals surface area contributed by atoms with E-state index >= 15 is 0 Å². The molecule has 94 valence electrons. The van der Waals surface area contributed by atoms with Gasteiger partial charge < -0.3 is 15.3 Å². The van der Waals surface area contributed by atoms with Gasteiger partial charge in [-0.2, -0.15) is 15.0 Å². The summed E-state index contributed by atoms with van der Waals surface area (Å²) in [5, 5.41) is 12.5. The van der Waals surface area contributed by atoms with Crippen LogP contribution in [0, 0.1) is 5.41 Å². The third kappa shape index (κ3) is 2.95. The molecule has 0 unspecified atom stereocenters. The number of rotatable bonds is 5. The first-order valence-corrected chi connectivity index (χ1v) is 5.86. The number of hydrogen-bond acceptors (Lipinski definition) is 6. The fourth-order valence-electron chi connectivity index (χ4n) is 1.45. The van der Waals surface area contributed by atoms with Gasteiger partial charge in [0.2, 0.25) is 17.2 Å². The Labute approximate surface area is 105 Å².